The number of carbonyl (C=O) groups is 1. The Morgan fingerprint density at radius 1 is 1.39 bits per heavy atom. The van der Waals surface area contributed by atoms with Crippen molar-refractivity contribution >= 4 is 29.3 Å². The van der Waals surface area contributed by atoms with Crippen molar-refractivity contribution in [3.05, 3.63) is 29.3 Å². The molecule has 1 aromatic rings. The first-order valence-electron chi connectivity index (χ1n) is 5.82. The summed E-state index contributed by atoms with van der Waals surface area (Å²) >= 11 is 7.22. The van der Waals surface area contributed by atoms with Gasteiger partial charge in [-0.25, -0.2) is 0 Å². The van der Waals surface area contributed by atoms with Crippen molar-refractivity contribution in [2.45, 2.75) is 24.8 Å². The molecule has 2 N–H and O–H groups in total. The summed E-state index contributed by atoms with van der Waals surface area (Å²) in [5.74, 6) is 0.413. The van der Waals surface area contributed by atoms with Crippen molar-refractivity contribution in [3.63, 3.8) is 0 Å². The van der Waals surface area contributed by atoms with Crippen molar-refractivity contribution in [2.24, 2.45) is 5.92 Å². The largest absolute Gasteiger partial charge is 0.391 e. The fourth-order valence-corrected chi connectivity index (χ4v) is 2.04. The van der Waals surface area contributed by atoms with Gasteiger partial charge in [-0.2, -0.15) is 0 Å². The number of halogens is 1. The van der Waals surface area contributed by atoms with Gasteiger partial charge in [-0.1, -0.05) is 25.4 Å². The maximum atomic E-state index is 11.5. The van der Waals surface area contributed by atoms with Gasteiger partial charge in [0, 0.05) is 16.5 Å². The molecule has 0 aliphatic heterocycles. The highest BCUT2D eigenvalue weighted by Crippen LogP contribution is 2.19. The van der Waals surface area contributed by atoms with E-state index in [4.69, 9.17) is 11.6 Å². The van der Waals surface area contributed by atoms with Crippen LogP contribution in [-0.4, -0.2) is 29.4 Å². The maximum Gasteiger partial charge on any atom is 0.230 e. The monoisotopic (exact) mass is 287 g/mol. The van der Waals surface area contributed by atoms with E-state index in [2.05, 4.69) is 5.32 Å². The highest BCUT2D eigenvalue weighted by molar-refractivity contribution is 8.00. The number of benzene rings is 1. The third-order valence-electron chi connectivity index (χ3n) is 2.46. The van der Waals surface area contributed by atoms with E-state index in [0.29, 0.717) is 17.3 Å². The predicted molar refractivity (Wildman–Crippen MR) is 76.0 cm³/mol. The minimum absolute atomic E-state index is 0.0744. The molecule has 0 aromatic heterocycles. The summed E-state index contributed by atoms with van der Waals surface area (Å²) in [6.45, 7) is 4.14. The fraction of sp³-hybridized carbons (Fsp3) is 0.462. The van der Waals surface area contributed by atoms with Gasteiger partial charge in [-0.05, 0) is 30.2 Å². The minimum Gasteiger partial charge on any atom is -0.391 e. The van der Waals surface area contributed by atoms with Crippen LogP contribution in [0, 0.1) is 5.92 Å². The number of carbonyl (C=O) groups excluding carboxylic acids is 1. The normalized spacial score (nSPS) is 12.5. The molecule has 0 aliphatic rings. The van der Waals surface area contributed by atoms with Crippen LogP contribution in [0.2, 0.25) is 5.02 Å². The molecule has 1 rings (SSSR count). The topological polar surface area (TPSA) is 49.3 Å². The molecule has 3 nitrogen and oxygen atoms in total. The SMILES string of the molecule is CC(C)C(O)CNC(=O)CSc1ccc(Cl)cc1. The molecule has 1 aromatic carbocycles. The fourth-order valence-electron chi connectivity index (χ4n) is 1.18. The zero-order valence-corrected chi connectivity index (χ0v) is 12.1. The lowest BCUT2D eigenvalue weighted by Crippen LogP contribution is -2.35. The Balaban J connectivity index is 2.27. The van der Waals surface area contributed by atoms with Gasteiger partial charge in [0.25, 0.3) is 0 Å². The molecule has 18 heavy (non-hydrogen) atoms. The average molecular weight is 288 g/mol. The molecule has 1 atom stereocenters. The summed E-state index contributed by atoms with van der Waals surface area (Å²) in [6, 6.07) is 7.35. The minimum atomic E-state index is -0.491. The highest BCUT2D eigenvalue weighted by atomic mass is 35.5. The third-order valence-corrected chi connectivity index (χ3v) is 3.73. The van der Waals surface area contributed by atoms with E-state index >= 15 is 0 Å². The van der Waals surface area contributed by atoms with Crippen LogP contribution in [0.15, 0.2) is 29.2 Å². The van der Waals surface area contributed by atoms with Crippen molar-refractivity contribution in [3.8, 4) is 0 Å². The van der Waals surface area contributed by atoms with Crippen LogP contribution in [0.1, 0.15) is 13.8 Å². The van der Waals surface area contributed by atoms with Crippen LogP contribution >= 0.6 is 23.4 Å². The molecular weight excluding hydrogens is 270 g/mol. The number of amides is 1. The van der Waals surface area contributed by atoms with Gasteiger partial charge >= 0.3 is 0 Å². The maximum absolute atomic E-state index is 11.5. The highest BCUT2D eigenvalue weighted by Gasteiger charge is 2.10. The summed E-state index contributed by atoms with van der Waals surface area (Å²) in [5, 5.41) is 12.9. The second kappa shape index (κ2) is 7.67. The van der Waals surface area contributed by atoms with Crippen molar-refractivity contribution < 1.29 is 9.90 Å². The standard InChI is InChI=1S/C13H18ClNO2S/c1-9(2)12(16)7-15-13(17)8-18-11-5-3-10(14)4-6-11/h3-6,9,12,16H,7-8H2,1-2H3,(H,15,17). The molecule has 0 bridgehead atoms. The predicted octanol–water partition coefficient (Wildman–Crippen LogP) is 2.57. The second-order valence-corrected chi connectivity index (χ2v) is 5.84. The van der Waals surface area contributed by atoms with E-state index in [0.717, 1.165) is 4.90 Å². The second-order valence-electron chi connectivity index (χ2n) is 4.36. The van der Waals surface area contributed by atoms with Crippen LogP contribution in [-0.2, 0) is 4.79 Å². The van der Waals surface area contributed by atoms with E-state index in [9.17, 15) is 9.90 Å². The molecule has 5 heteroatoms. The Morgan fingerprint density at radius 3 is 2.56 bits per heavy atom. The van der Waals surface area contributed by atoms with Gasteiger partial charge in [0.1, 0.15) is 0 Å². The Labute approximate surface area is 117 Å². The van der Waals surface area contributed by atoms with Crippen molar-refractivity contribution in [2.75, 3.05) is 12.3 Å². The van der Waals surface area contributed by atoms with E-state index in [1.54, 1.807) is 12.1 Å². The zero-order valence-electron chi connectivity index (χ0n) is 10.5. The molecule has 0 saturated carbocycles. The van der Waals surface area contributed by atoms with Crippen LogP contribution in [0.4, 0.5) is 0 Å². The smallest absolute Gasteiger partial charge is 0.230 e. The summed E-state index contributed by atoms with van der Waals surface area (Å²) in [6.07, 6.45) is -0.491. The first-order chi connectivity index (χ1) is 8.49. The van der Waals surface area contributed by atoms with Gasteiger partial charge in [0.15, 0.2) is 0 Å². The third kappa shape index (κ3) is 5.76. The lowest BCUT2D eigenvalue weighted by atomic mass is 10.1. The molecular formula is C13H18ClNO2S. The van der Waals surface area contributed by atoms with Crippen LogP contribution in [0.5, 0.6) is 0 Å². The number of nitrogens with one attached hydrogen (secondary N) is 1. The van der Waals surface area contributed by atoms with E-state index < -0.39 is 6.10 Å². The Hall–Kier alpha value is -0.710. The van der Waals surface area contributed by atoms with E-state index in [-0.39, 0.29) is 11.8 Å². The average Bonchev–Trinajstić information content (AvgIpc) is 2.35. The molecule has 0 radical (unpaired) electrons. The molecule has 100 valence electrons. The van der Waals surface area contributed by atoms with Crippen LogP contribution in [0.3, 0.4) is 0 Å². The first kappa shape index (κ1) is 15.3. The van der Waals surface area contributed by atoms with Crippen molar-refractivity contribution in [1.82, 2.24) is 5.32 Å². The van der Waals surface area contributed by atoms with E-state index in [1.165, 1.54) is 11.8 Å². The van der Waals surface area contributed by atoms with Gasteiger partial charge in [0.05, 0.1) is 11.9 Å². The number of hydrogen-bond acceptors (Lipinski definition) is 3. The van der Waals surface area contributed by atoms with Gasteiger partial charge in [-0.15, -0.1) is 11.8 Å². The lowest BCUT2D eigenvalue weighted by molar-refractivity contribution is -0.119. The lowest BCUT2D eigenvalue weighted by Gasteiger charge is -2.14. The Kier molecular flexibility index (Phi) is 6.54. The summed E-state index contributed by atoms with van der Waals surface area (Å²) < 4.78 is 0. The Morgan fingerprint density at radius 2 is 2.00 bits per heavy atom. The molecule has 0 aliphatic carbocycles. The first-order valence-corrected chi connectivity index (χ1v) is 7.18. The van der Waals surface area contributed by atoms with E-state index in [1.807, 2.05) is 26.0 Å². The zero-order chi connectivity index (χ0) is 13.5. The quantitative estimate of drug-likeness (QED) is 0.791. The van der Waals surface area contributed by atoms with Crippen LogP contribution in [0.25, 0.3) is 0 Å². The summed E-state index contributed by atoms with van der Waals surface area (Å²) in [4.78, 5) is 12.5. The summed E-state index contributed by atoms with van der Waals surface area (Å²) in [7, 11) is 0. The molecule has 0 heterocycles. The van der Waals surface area contributed by atoms with Crippen molar-refractivity contribution in [1.29, 1.82) is 0 Å². The van der Waals surface area contributed by atoms with Gasteiger partial charge < -0.3 is 10.4 Å². The Bertz CT molecular complexity index is 381. The molecule has 0 saturated heterocycles. The molecule has 1 unspecified atom stereocenters. The number of thioether (sulfide) groups is 1. The van der Waals surface area contributed by atoms with Crippen LogP contribution < -0.4 is 5.32 Å². The molecule has 0 spiro atoms. The summed E-state index contributed by atoms with van der Waals surface area (Å²) in [5.41, 5.74) is 0. The number of aliphatic hydroxyl groups excluding tert-OH is 1. The van der Waals surface area contributed by atoms with Gasteiger partial charge in [-0.3, -0.25) is 4.79 Å². The number of aliphatic hydroxyl groups is 1. The molecule has 1 amide bonds. The van der Waals surface area contributed by atoms with Gasteiger partial charge in [0.2, 0.25) is 5.91 Å². The number of hydrogen-bond donors (Lipinski definition) is 2. The number of rotatable bonds is 6. The molecule has 0 fully saturated rings.